The van der Waals surface area contributed by atoms with Gasteiger partial charge in [0.25, 0.3) is 0 Å². The molecule has 140 valence electrons. The van der Waals surface area contributed by atoms with E-state index in [9.17, 15) is 28.2 Å². The molecule has 2 N–H and O–H groups in total. The Morgan fingerprint density at radius 3 is 2.23 bits per heavy atom. The summed E-state index contributed by atoms with van der Waals surface area (Å²) in [5.41, 5.74) is 1.02. The lowest BCUT2D eigenvalue weighted by Gasteiger charge is -2.24. The third-order valence-electron chi connectivity index (χ3n) is 3.75. The van der Waals surface area contributed by atoms with Crippen LogP contribution < -0.4 is 4.74 Å². The summed E-state index contributed by atoms with van der Waals surface area (Å²) in [5.74, 6) is -1.94. The molecule has 26 heavy (non-hydrogen) atoms. The van der Waals surface area contributed by atoms with E-state index in [1.165, 1.54) is 37.4 Å². The summed E-state index contributed by atoms with van der Waals surface area (Å²) in [6.07, 6.45) is -4.81. The molecule has 0 atom stereocenters. The van der Waals surface area contributed by atoms with Crippen LogP contribution >= 0.6 is 0 Å². The third kappa shape index (κ3) is 5.05. The van der Waals surface area contributed by atoms with Crippen molar-refractivity contribution in [2.75, 3.05) is 13.7 Å². The van der Waals surface area contributed by atoms with Crippen molar-refractivity contribution in [2.45, 2.75) is 19.1 Å². The first kappa shape index (κ1) is 19.4. The molecule has 0 aromatic heterocycles. The minimum Gasteiger partial charge on any atom is -0.508 e. The van der Waals surface area contributed by atoms with Crippen LogP contribution in [0.1, 0.15) is 11.1 Å². The molecule has 0 bridgehead atoms. The maximum Gasteiger partial charge on any atom is 0.471 e. The van der Waals surface area contributed by atoms with Crippen LogP contribution in [-0.2, 0) is 17.8 Å². The predicted octanol–water partition coefficient (Wildman–Crippen LogP) is 3.24. The lowest BCUT2D eigenvalue weighted by Crippen LogP contribution is -2.41. The first-order valence-electron chi connectivity index (χ1n) is 7.70. The second kappa shape index (κ2) is 7.99. The summed E-state index contributed by atoms with van der Waals surface area (Å²) in [6.45, 7) is -0.482. The zero-order chi connectivity index (χ0) is 19.3. The van der Waals surface area contributed by atoms with E-state index in [0.717, 1.165) is 0 Å². The van der Waals surface area contributed by atoms with Crippen molar-refractivity contribution in [2.24, 2.45) is 0 Å². The van der Waals surface area contributed by atoms with Gasteiger partial charge in [0.15, 0.2) is 11.5 Å². The highest BCUT2D eigenvalue weighted by Gasteiger charge is 2.42. The van der Waals surface area contributed by atoms with Crippen molar-refractivity contribution >= 4 is 5.91 Å². The SMILES string of the molecule is COc1ccc(CN(CCc2ccc(O)cc2)C(=O)C(F)(F)F)cc1O. The number of ether oxygens (including phenoxy) is 1. The largest absolute Gasteiger partial charge is 0.508 e. The van der Waals surface area contributed by atoms with E-state index in [2.05, 4.69) is 0 Å². The normalized spacial score (nSPS) is 11.2. The number of hydrogen-bond donors (Lipinski definition) is 2. The monoisotopic (exact) mass is 369 g/mol. The Morgan fingerprint density at radius 1 is 1.08 bits per heavy atom. The molecule has 0 saturated heterocycles. The summed E-state index contributed by atoms with van der Waals surface area (Å²) in [7, 11) is 1.35. The number of halogens is 3. The minimum atomic E-state index is -5.00. The van der Waals surface area contributed by atoms with Gasteiger partial charge >= 0.3 is 12.1 Å². The number of phenols is 2. The number of hydrogen-bond acceptors (Lipinski definition) is 4. The molecule has 0 fully saturated rings. The van der Waals surface area contributed by atoms with Gasteiger partial charge in [0.2, 0.25) is 0 Å². The maximum atomic E-state index is 12.9. The number of rotatable bonds is 6. The summed E-state index contributed by atoms with van der Waals surface area (Å²) in [6, 6.07) is 10.2. The van der Waals surface area contributed by atoms with Crippen LogP contribution in [0.2, 0.25) is 0 Å². The minimum absolute atomic E-state index is 0.0469. The highest BCUT2D eigenvalue weighted by atomic mass is 19.4. The molecule has 0 aliphatic carbocycles. The van der Waals surface area contributed by atoms with Gasteiger partial charge in [-0.25, -0.2) is 0 Å². The molecule has 2 aromatic rings. The zero-order valence-electron chi connectivity index (χ0n) is 14.0. The van der Waals surface area contributed by atoms with Crippen LogP contribution in [0.3, 0.4) is 0 Å². The molecule has 1 amide bonds. The van der Waals surface area contributed by atoms with Crippen molar-refractivity contribution in [1.82, 2.24) is 4.90 Å². The van der Waals surface area contributed by atoms with Crippen molar-refractivity contribution < 1.29 is 32.9 Å². The van der Waals surface area contributed by atoms with E-state index in [0.29, 0.717) is 16.0 Å². The number of aromatic hydroxyl groups is 2. The molecule has 0 heterocycles. The van der Waals surface area contributed by atoms with E-state index < -0.39 is 12.1 Å². The molecule has 0 unspecified atom stereocenters. The Balaban J connectivity index is 2.16. The van der Waals surface area contributed by atoms with Crippen molar-refractivity contribution in [3.05, 3.63) is 53.6 Å². The molecule has 2 aromatic carbocycles. The highest BCUT2D eigenvalue weighted by molar-refractivity contribution is 5.81. The maximum absolute atomic E-state index is 12.9. The second-order valence-electron chi connectivity index (χ2n) is 5.65. The van der Waals surface area contributed by atoms with Crippen molar-refractivity contribution in [1.29, 1.82) is 0 Å². The molecular formula is C18H18F3NO4. The summed E-state index contributed by atoms with van der Waals surface area (Å²) in [4.78, 5) is 12.4. The molecule has 0 aliphatic heterocycles. The fourth-order valence-electron chi connectivity index (χ4n) is 2.41. The summed E-state index contributed by atoms with van der Waals surface area (Å²) in [5, 5.41) is 19.0. The fourth-order valence-corrected chi connectivity index (χ4v) is 2.41. The molecule has 8 heteroatoms. The molecule has 0 radical (unpaired) electrons. The van der Waals surface area contributed by atoms with Gasteiger partial charge in [0, 0.05) is 13.1 Å². The summed E-state index contributed by atoms with van der Waals surface area (Å²) >= 11 is 0. The Morgan fingerprint density at radius 2 is 1.69 bits per heavy atom. The van der Waals surface area contributed by atoms with Crippen molar-refractivity contribution in [3.8, 4) is 17.2 Å². The van der Waals surface area contributed by atoms with Gasteiger partial charge in [0.05, 0.1) is 7.11 Å². The van der Waals surface area contributed by atoms with Gasteiger partial charge < -0.3 is 19.8 Å². The number of methoxy groups -OCH3 is 1. The Labute approximate surface area is 148 Å². The van der Waals surface area contributed by atoms with E-state index in [-0.39, 0.29) is 36.8 Å². The molecule has 0 spiro atoms. The molecule has 0 saturated carbocycles. The second-order valence-corrected chi connectivity index (χ2v) is 5.65. The van der Waals surface area contributed by atoms with Gasteiger partial charge in [-0.3, -0.25) is 4.79 Å². The van der Waals surface area contributed by atoms with Crippen LogP contribution in [0.25, 0.3) is 0 Å². The van der Waals surface area contributed by atoms with E-state index in [4.69, 9.17) is 4.74 Å². The van der Waals surface area contributed by atoms with E-state index >= 15 is 0 Å². The van der Waals surface area contributed by atoms with Gasteiger partial charge in [0.1, 0.15) is 5.75 Å². The highest BCUT2D eigenvalue weighted by Crippen LogP contribution is 2.28. The van der Waals surface area contributed by atoms with E-state index in [1.54, 1.807) is 12.1 Å². The van der Waals surface area contributed by atoms with E-state index in [1.807, 2.05) is 0 Å². The third-order valence-corrected chi connectivity index (χ3v) is 3.75. The summed E-state index contributed by atoms with van der Waals surface area (Å²) < 4.78 is 43.5. The average Bonchev–Trinajstić information content (AvgIpc) is 2.58. The standard InChI is InChI=1S/C18H18F3NO4/c1-26-16-7-4-13(10-15(16)24)11-22(17(25)18(19,20)21)9-8-12-2-5-14(23)6-3-12/h2-7,10,23-24H,8-9,11H2,1H3. The average molecular weight is 369 g/mol. The van der Waals surface area contributed by atoms with Crippen LogP contribution in [0.15, 0.2) is 42.5 Å². The zero-order valence-corrected chi connectivity index (χ0v) is 14.0. The van der Waals surface area contributed by atoms with Gasteiger partial charge in [-0.1, -0.05) is 18.2 Å². The fraction of sp³-hybridized carbons (Fsp3) is 0.278. The first-order chi connectivity index (χ1) is 12.2. The quantitative estimate of drug-likeness (QED) is 0.820. The number of amides is 1. The van der Waals surface area contributed by atoms with Crippen LogP contribution in [0.5, 0.6) is 17.2 Å². The van der Waals surface area contributed by atoms with Crippen LogP contribution in [-0.4, -0.2) is 40.9 Å². The Kier molecular flexibility index (Phi) is 5.97. The first-order valence-corrected chi connectivity index (χ1v) is 7.70. The number of benzene rings is 2. The molecule has 2 rings (SSSR count). The van der Waals surface area contributed by atoms with Gasteiger partial charge in [-0.2, -0.15) is 13.2 Å². The van der Waals surface area contributed by atoms with Crippen LogP contribution in [0.4, 0.5) is 13.2 Å². The lowest BCUT2D eigenvalue weighted by atomic mass is 10.1. The Hall–Kier alpha value is -2.90. The van der Waals surface area contributed by atoms with Crippen molar-refractivity contribution in [3.63, 3.8) is 0 Å². The number of alkyl halides is 3. The number of phenolic OH excluding ortho intramolecular Hbond substituents is 2. The Bertz CT molecular complexity index is 760. The molecular weight excluding hydrogens is 351 g/mol. The number of carbonyl (C=O) groups excluding carboxylic acids is 1. The molecule has 5 nitrogen and oxygen atoms in total. The van der Waals surface area contributed by atoms with Gasteiger partial charge in [-0.15, -0.1) is 0 Å². The smallest absolute Gasteiger partial charge is 0.471 e. The van der Waals surface area contributed by atoms with Crippen LogP contribution in [0, 0.1) is 0 Å². The number of carbonyl (C=O) groups is 1. The topological polar surface area (TPSA) is 70.0 Å². The predicted molar refractivity (Wildman–Crippen MR) is 87.9 cm³/mol. The number of nitrogens with zero attached hydrogens (tertiary/aromatic N) is 1. The molecule has 0 aliphatic rings. The lowest BCUT2D eigenvalue weighted by molar-refractivity contribution is -0.186. The van der Waals surface area contributed by atoms with Gasteiger partial charge in [-0.05, 0) is 41.8 Å².